The molecule has 1 aromatic heterocycles. The average Bonchev–Trinajstić information content (AvgIpc) is 2.90. The number of ether oxygens (including phenoxy) is 1. The summed E-state index contributed by atoms with van der Waals surface area (Å²) in [6.07, 6.45) is 0.500. The number of benzene rings is 1. The summed E-state index contributed by atoms with van der Waals surface area (Å²) in [5.41, 5.74) is 0.997. The molecule has 2 aromatic rings. The fourth-order valence-electron chi connectivity index (χ4n) is 1.80. The Morgan fingerprint density at radius 1 is 1.33 bits per heavy atom. The van der Waals surface area contributed by atoms with Gasteiger partial charge in [-0.1, -0.05) is 18.2 Å². The second-order valence-electron chi connectivity index (χ2n) is 3.96. The normalized spacial score (nSPS) is 12.1. The highest BCUT2D eigenvalue weighted by Crippen LogP contribution is 2.26. The molecule has 1 atom stereocenters. The Morgan fingerprint density at radius 3 is 2.56 bits per heavy atom. The zero-order valence-electron chi connectivity index (χ0n) is 10.00. The van der Waals surface area contributed by atoms with Crippen molar-refractivity contribution in [2.24, 2.45) is 0 Å². The van der Waals surface area contributed by atoms with Gasteiger partial charge in [0.25, 0.3) is 0 Å². The monoisotopic (exact) mass is 262 g/mol. The first-order chi connectivity index (χ1) is 8.70. The first kappa shape index (κ1) is 12.6. The van der Waals surface area contributed by atoms with Gasteiger partial charge < -0.3 is 9.84 Å². The molecule has 0 radical (unpaired) electrons. The summed E-state index contributed by atoms with van der Waals surface area (Å²) in [6, 6.07) is 11.3. The van der Waals surface area contributed by atoms with E-state index in [4.69, 9.17) is 4.74 Å². The van der Waals surface area contributed by atoms with Crippen LogP contribution in [0.2, 0.25) is 0 Å². The molecule has 18 heavy (non-hydrogen) atoms. The summed E-state index contributed by atoms with van der Waals surface area (Å²) >= 11 is 1.48. The number of methoxy groups -OCH3 is 1. The average molecular weight is 262 g/mol. The number of hydrogen-bond acceptors (Lipinski definition) is 3. The largest absolute Gasteiger partial charge is 0.497 e. The van der Waals surface area contributed by atoms with Gasteiger partial charge in [-0.3, -0.25) is 4.79 Å². The van der Waals surface area contributed by atoms with Gasteiger partial charge in [0, 0.05) is 4.88 Å². The van der Waals surface area contributed by atoms with Gasteiger partial charge in [-0.2, -0.15) is 0 Å². The molecule has 1 heterocycles. The van der Waals surface area contributed by atoms with Gasteiger partial charge in [0.1, 0.15) is 5.75 Å². The minimum Gasteiger partial charge on any atom is -0.497 e. The second-order valence-corrected chi connectivity index (χ2v) is 4.94. The van der Waals surface area contributed by atoms with Crippen LogP contribution in [0.1, 0.15) is 16.4 Å². The van der Waals surface area contributed by atoms with Crippen molar-refractivity contribution in [3.63, 3.8) is 0 Å². The van der Waals surface area contributed by atoms with Gasteiger partial charge in [0.05, 0.1) is 13.0 Å². The second kappa shape index (κ2) is 5.69. The molecule has 3 nitrogen and oxygen atoms in total. The third-order valence-electron chi connectivity index (χ3n) is 2.78. The van der Waals surface area contributed by atoms with Crippen LogP contribution in [0.3, 0.4) is 0 Å². The van der Waals surface area contributed by atoms with E-state index in [1.165, 1.54) is 11.3 Å². The lowest BCUT2D eigenvalue weighted by atomic mass is 9.98. The van der Waals surface area contributed by atoms with Crippen LogP contribution in [-0.2, 0) is 11.2 Å². The fraction of sp³-hybridized carbons (Fsp3) is 0.214. The van der Waals surface area contributed by atoms with Crippen molar-refractivity contribution in [2.45, 2.75) is 12.3 Å². The first-order valence-corrected chi connectivity index (χ1v) is 6.48. The maximum absolute atomic E-state index is 11.3. The van der Waals surface area contributed by atoms with Crippen LogP contribution >= 0.6 is 11.3 Å². The van der Waals surface area contributed by atoms with Crippen molar-refractivity contribution in [2.75, 3.05) is 7.11 Å². The van der Waals surface area contributed by atoms with E-state index in [9.17, 15) is 9.90 Å². The maximum atomic E-state index is 11.3. The summed E-state index contributed by atoms with van der Waals surface area (Å²) in [5, 5.41) is 11.2. The van der Waals surface area contributed by atoms with Gasteiger partial charge in [0.2, 0.25) is 0 Å². The number of aliphatic carboxylic acids is 1. The topological polar surface area (TPSA) is 46.5 Å². The van der Waals surface area contributed by atoms with Crippen LogP contribution in [-0.4, -0.2) is 18.2 Å². The molecular weight excluding hydrogens is 248 g/mol. The highest BCUT2D eigenvalue weighted by Gasteiger charge is 2.21. The van der Waals surface area contributed by atoms with Crippen molar-refractivity contribution in [3.8, 4) is 5.75 Å². The van der Waals surface area contributed by atoms with Gasteiger partial charge in [-0.15, -0.1) is 11.3 Å². The molecule has 1 unspecified atom stereocenters. The number of rotatable bonds is 5. The summed E-state index contributed by atoms with van der Waals surface area (Å²) in [6.45, 7) is 0. The van der Waals surface area contributed by atoms with Crippen LogP contribution in [0.4, 0.5) is 0 Å². The Morgan fingerprint density at radius 2 is 2.06 bits per heavy atom. The molecule has 0 aliphatic heterocycles. The van der Waals surface area contributed by atoms with Crippen LogP contribution < -0.4 is 4.74 Å². The lowest BCUT2D eigenvalue weighted by molar-refractivity contribution is -0.138. The van der Waals surface area contributed by atoms with E-state index >= 15 is 0 Å². The van der Waals surface area contributed by atoms with Crippen LogP contribution in [0.25, 0.3) is 0 Å². The predicted octanol–water partition coefficient (Wildman–Crippen LogP) is 3.17. The predicted molar refractivity (Wildman–Crippen MR) is 71.4 cm³/mol. The van der Waals surface area contributed by atoms with Gasteiger partial charge >= 0.3 is 5.97 Å². The quantitative estimate of drug-likeness (QED) is 0.900. The molecule has 4 heteroatoms. The minimum atomic E-state index is -0.784. The van der Waals surface area contributed by atoms with Gasteiger partial charge in [-0.05, 0) is 35.6 Å². The van der Waals surface area contributed by atoms with Gasteiger partial charge in [-0.25, -0.2) is 0 Å². The van der Waals surface area contributed by atoms with Crippen LogP contribution in [0.5, 0.6) is 5.75 Å². The van der Waals surface area contributed by atoms with Crippen molar-refractivity contribution in [1.82, 2.24) is 0 Å². The van der Waals surface area contributed by atoms with E-state index in [2.05, 4.69) is 0 Å². The zero-order chi connectivity index (χ0) is 13.0. The van der Waals surface area contributed by atoms with Crippen molar-refractivity contribution < 1.29 is 14.6 Å². The summed E-state index contributed by atoms with van der Waals surface area (Å²) in [5.74, 6) is -0.478. The van der Waals surface area contributed by atoms with E-state index in [1.54, 1.807) is 7.11 Å². The standard InChI is InChI=1S/C14H14O3S/c1-17-11-6-4-10(5-7-11)9-12(14(15)16)13-3-2-8-18-13/h2-8,12H,9H2,1H3,(H,15,16). The molecule has 0 saturated carbocycles. The molecule has 0 fully saturated rings. The summed E-state index contributed by atoms with van der Waals surface area (Å²) < 4.78 is 5.08. The third-order valence-corrected chi connectivity index (χ3v) is 3.77. The molecule has 2 rings (SSSR count). The Labute approximate surface area is 110 Å². The Bertz CT molecular complexity index is 502. The molecule has 0 aliphatic rings. The van der Waals surface area contributed by atoms with Crippen LogP contribution in [0.15, 0.2) is 41.8 Å². The molecule has 0 amide bonds. The lowest BCUT2D eigenvalue weighted by Crippen LogP contribution is -2.13. The molecule has 0 saturated heterocycles. The van der Waals surface area contributed by atoms with Crippen molar-refractivity contribution in [3.05, 3.63) is 52.2 Å². The smallest absolute Gasteiger partial charge is 0.312 e. The number of thiophene rings is 1. The number of carbonyl (C=O) groups is 1. The molecule has 0 aliphatic carbocycles. The minimum absolute atomic E-state index is 0.474. The number of carboxylic acid groups (broad SMARTS) is 1. The highest BCUT2D eigenvalue weighted by molar-refractivity contribution is 7.10. The first-order valence-electron chi connectivity index (χ1n) is 5.60. The van der Waals surface area contributed by atoms with Crippen molar-refractivity contribution >= 4 is 17.3 Å². The van der Waals surface area contributed by atoms with Crippen molar-refractivity contribution in [1.29, 1.82) is 0 Å². The van der Waals surface area contributed by atoms with Crippen LogP contribution in [0, 0.1) is 0 Å². The lowest BCUT2D eigenvalue weighted by Gasteiger charge is -2.10. The van der Waals surface area contributed by atoms with E-state index < -0.39 is 11.9 Å². The number of hydrogen-bond donors (Lipinski definition) is 1. The molecule has 1 aromatic carbocycles. The van der Waals surface area contributed by atoms with E-state index in [1.807, 2.05) is 41.8 Å². The fourth-order valence-corrected chi connectivity index (χ4v) is 2.62. The molecule has 0 spiro atoms. The van der Waals surface area contributed by atoms with E-state index in [-0.39, 0.29) is 0 Å². The molecule has 94 valence electrons. The Hall–Kier alpha value is -1.81. The summed E-state index contributed by atoms with van der Waals surface area (Å²) in [7, 11) is 1.61. The SMILES string of the molecule is COc1ccc(CC(C(=O)O)c2cccs2)cc1. The third kappa shape index (κ3) is 2.90. The zero-order valence-corrected chi connectivity index (χ0v) is 10.8. The number of carboxylic acids is 1. The molecule has 0 bridgehead atoms. The van der Waals surface area contributed by atoms with E-state index in [0.717, 1.165) is 16.2 Å². The maximum Gasteiger partial charge on any atom is 0.312 e. The summed E-state index contributed by atoms with van der Waals surface area (Å²) in [4.78, 5) is 12.2. The molecule has 1 N–H and O–H groups in total. The molecular formula is C14H14O3S. The highest BCUT2D eigenvalue weighted by atomic mass is 32.1. The Balaban J connectivity index is 2.16. The van der Waals surface area contributed by atoms with Gasteiger partial charge in [0.15, 0.2) is 0 Å². The Kier molecular flexibility index (Phi) is 3.99. The van der Waals surface area contributed by atoms with E-state index in [0.29, 0.717) is 6.42 Å².